The van der Waals surface area contributed by atoms with E-state index in [0.29, 0.717) is 27.0 Å². The molecule has 22 heavy (non-hydrogen) atoms. The summed E-state index contributed by atoms with van der Waals surface area (Å²) in [7, 11) is 0. The lowest BCUT2D eigenvalue weighted by atomic mass is 10.1. The molecule has 0 saturated heterocycles. The van der Waals surface area contributed by atoms with Crippen LogP contribution in [0, 0.1) is 10.1 Å². The first-order chi connectivity index (χ1) is 10.4. The van der Waals surface area contributed by atoms with Crippen molar-refractivity contribution < 1.29 is 9.72 Å². The molecule has 3 rings (SSSR count). The molecule has 0 aliphatic carbocycles. The number of carbonyl (C=O) groups excluding carboxylic acids is 1. The number of nitro benzene ring substituents is 1. The SMILES string of the molecule is CC(=O)Nc1c(Cl)cc([N+](=O)[O-])c2[nH]c3ccc(Cl)cc3c12. The van der Waals surface area contributed by atoms with Gasteiger partial charge in [-0.3, -0.25) is 14.9 Å². The Morgan fingerprint density at radius 2 is 2.05 bits per heavy atom. The highest BCUT2D eigenvalue weighted by atomic mass is 35.5. The van der Waals surface area contributed by atoms with E-state index in [4.69, 9.17) is 23.2 Å². The lowest BCUT2D eigenvalue weighted by Crippen LogP contribution is -2.07. The van der Waals surface area contributed by atoms with Crippen LogP contribution in [0.25, 0.3) is 21.8 Å². The number of nitro groups is 1. The minimum absolute atomic E-state index is 0.0928. The lowest BCUT2D eigenvalue weighted by Gasteiger charge is -2.08. The van der Waals surface area contributed by atoms with E-state index in [1.807, 2.05) is 0 Å². The zero-order valence-corrected chi connectivity index (χ0v) is 12.7. The third-order valence-corrected chi connectivity index (χ3v) is 3.80. The molecule has 2 aromatic carbocycles. The van der Waals surface area contributed by atoms with Gasteiger partial charge in [0.05, 0.1) is 15.6 Å². The van der Waals surface area contributed by atoms with Gasteiger partial charge in [0, 0.05) is 34.3 Å². The number of H-pyrrole nitrogens is 1. The molecule has 3 aromatic rings. The number of rotatable bonds is 2. The number of non-ortho nitro benzene ring substituents is 1. The molecule has 0 saturated carbocycles. The fourth-order valence-electron chi connectivity index (χ4n) is 2.44. The minimum atomic E-state index is -0.525. The molecular formula is C14H9Cl2N3O3. The van der Waals surface area contributed by atoms with E-state index < -0.39 is 4.92 Å². The number of anilines is 1. The molecule has 0 fully saturated rings. The maximum atomic E-state index is 11.4. The van der Waals surface area contributed by atoms with Crippen molar-refractivity contribution in [2.75, 3.05) is 5.32 Å². The molecule has 0 bridgehead atoms. The van der Waals surface area contributed by atoms with Gasteiger partial charge < -0.3 is 10.3 Å². The molecular weight excluding hydrogens is 329 g/mol. The number of carbonyl (C=O) groups is 1. The number of nitrogens with one attached hydrogen (secondary N) is 2. The normalized spacial score (nSPS) is 11.0. The van der Waals surface area contributed by atoms with Crippen LogP contribution >= 0.6 is 23.2 Å². The van der Waals surface area contributed by atoms with Gasteiger partial charge in [-0.1, -0.05) is 23.2 Å². The van der Waals surface area contributed by atoms with Crippen molar-refractivity contribution in [2.24, 2.45) is 0 Å². The van der Waals surface area contributed by atoms with E-state index in [-0.39, 0.29) is 22.1 Å². The molecule has 0 unspecified atom stereocenters. The Labute approximate surface area is 134 Å². The summed E-state index contributed by atoms with van der Waals surface area (Å²) in [6.45, 7) is 1.34. The lowest BCUT2D eigenvalue weighted by molar-refractivity contribution is -0.383. The largest absolute Gasteiger partial charge is 0.349 e. The van der Waals surface area contributed by atoms with Gasteiger partial charge in [0.15, 0.2) is 0 Å². The summed E-state index contributed by atoms with van der Waals surface area (Å²) in [6, 6.07) is 6.27. The van der Waals surface area contributed by atoms with Crippen molar-refractivity contribution in [3.63, 3.8) is 0 Å². The van der Waals surface area contributed by atoms with Crippen molar-refractivity contribution in [1.82, 2.24) is 4.98 Å². The smallest absolute Gasteiger partial charge is 0.294 e. The van der Waals surface area contributed by atoms with E-state index in [1.54, 1.807) is 18.2 Å². The summed E-state index contributed by atoms with van der Waals surface area (Å²) in [6.07, 6.45) is 0. The molecule has 1 amide bonds. The van der Waals surface area contributed by atoms with Crippen molar-refractivity contribution in [3.05, 3.63) is 44.4 Å². The van der Waals surface area contributed by atoms with Crippen LogP contribution in [0.15, 0.2) is 24.3 Å². The van der Waals surface area contributed by atoms with E-state index in [0.717, 1.165) is 0 Å². The van der Waals surface area contributed by atoms with Gasteiger partial charge in [-0.2, -0.15) is 0 Å². The Balaban J connectivity index is 2.53. The predicted octanol–water partition coefficient (Wildman–Crippen LogP) is 4.49. The molecule has 0 aliphatic rings. The second-order valence-corrected chi connectivity index (χ2v) is 5.60. The second-order valence-electron chi connectivity index (χ2n) is 4.76. The third kappa shape index (κ3) is 2.26. The summed E-state index contributed by atoms with van der Waals surface area (Å²) in [4.78, 5) is 25.1. The Bertz CT molecular complexity index is 950. The molecule has 0 atom stereocenters. The fraction of sp³-hybridized carbons (Fsp3) is 0.0714. The predicted molar refractivity (Wildman–Crippen MR) is 86.8 cm³/mol. The highest BCUT2D eigenvalue weighted by Gasteiger charge is 2.23. The van der Waals surface area contributed by atoms with Crippen molar-refractivity contribution in [2.45, 2.75) is 6.92 Å². The second kappa shape index (κ2) is 5.15. The topological polar surface area (TPSA) is 88.0 Å². The first-order valence-corrected chi connectivity index (χ1v) is 6.99. The van der Waals surface area contributed by atoms with Gasteiger partial charge in [0.25, 0.3) is 5.69 Å². The summed E-state index contributed by atoms with van der Waals surface area (Å²) in [5, 5.41) is 15.6. The van der Waals surface area contributed by atoms with Crippen LogP contribution in [-0.4, -0.2) is 15.8 Å². The summed E-state index contributed by atoms with van der Waals surface area (Å²) < 4.78 is 0. The van der Waals surface area contributed by atoms with E-state index in [1.165, 1.54) is 13.0 Å². The van der Waals surface area contributed by atoms with Crippen LogP contribution in [0.5, 0.6) is 0 Å². The van der Waals surface area contributed by atoms with E-state index in [9.17, 15) is 14.9 Å². The average molecular weight is 338 g/mol. The van der Waals surface area contributed by atoms with Crippen LogP contribution < -0.4 is 5.32 Å². The number of amides is 1. The van der Waals surface area contributed by atoms with Gasteiger partial charge >= 0.3 is 0 Å². The number of hydrogen-bond donors (Lipinski definition) is 2. The fourth-order valence-corrected chi connectivity index (χ4v) is 2.86. The van der Waals surface area contributed by atoms with Crippen LogP contribution in [-0.2, 0) is 4.79 Å². The van der Waals surface area contributed by atoms with Crippen molar-refractivity contribution >= 4 is 62.3 Å². The number of aromatic nitrogens is 1. The van der Waals surface area contributed by atoms with Crippen molar-refractivity contribution in [3.8, 4) is 0 Å². The van der Waals surface area contributed by atoms with E-state index in [2.05, 4.69) is 10.3 Å². The van der Waals surface area contributed by atoms with Gasteiger partial charge in [0.1, 0.15) is 5.52 Å². The Kier molecular flexibility index (Phi) is 3.42. The Morgan fingerprint density at radius 1 is 1.32 bits per heavy atom. The first kappa shape index (κ1) is 14.6. The summed E-state index contributed by atoms with van der Waals surface area (Å²) in [5.41, 5.74) is 1.11. The molecule has 0 aliphatic heterocycles. The summed E-state index contributed by atoms with van der Waals surface area (Å²) >= 11 is 12.1. The van der Waals surface area contributed by atoms with Gasteiger partial charge in [-0.15, -0.1) is 0 Å². The molecule has 0 spiro atoms. The number of hydrogen-bond acceptors (Lipinski definition) is 3. The highest BCUT2D eigenvalue weighted by molar-refractivity contribution is 6.38. The molecule has 6 nitrogen and oxygen atoms in total. The zero-order chi connectivity index (χ0) is 16.0. The van der Waals surface area contributed by atoms with Crippen molar-refractivity contribution in [1.29, 1.82) is 0 Å². The Morgan fingerprint density at radius 3 is 2.68 bits per heavy atom. The minimum Gasteiger partial charge on any atom is -0.349 e. The van der Waals surface area contributed by atoms with Crippen LogP contribution in [0.1, 0.15) is 6.92 Å². The van der Waals surface area contributed by atoms with E-state index >= 15 is 0 Å². The maximum Gasteiger partial charge on any atom is 0.294 e. The van der Waals surface area contributed by atoms with Gasteiger partial charge in [-0.05, 0) is 18.2 Å². The number of aromatic amines is 1. The van der Waals surface area contributed by atoms with Gasteiger partial charge in [-0.25, -0.2) is 0 Å². The molecule has 0 radical (unpaired) electrons. The monoisotopic (exact) mass is 337 g/mol. The van der Waals surface area contributed by atoms with Crippen LogP contribution in [0.3, 0.4) is 0 Å². The zero-order valence-electron chi connectivity index (χ0n) is 11.2. The summed E-state index contributed by atoms with van der Waals surface area (Å²) in [5.74, 6) is -0.326. The highest BCUT2D eigenvalue weighted by Crippen LogP contribution is 2.42. The number of benzene rings is 2. The molecule has 1 aromatic heterocycles. The quantitative estimate of drug-likeness (QED) is 0.533. The third-order valence-electron chi connectivity index (χ3n) is 3.27. The number of fused-ring (bicyclic) bond motifs is 3. The van der Waals surface area contributed by atoms with Crippen LogP contribution in [0.4, 0.5) is 11.4 Å². The number of nitrogens with zero attached hydrogens (tertiary/aromatic N) is 1. The molecule has 2 N–H and O–H groups in total. The van der Waals surface area contributed by atoms with Gasteiger partial charge in [0.2, 0.25) is 5.91 Å². The number of halogens is 2. The first-order valence-electron chi connectivity index (χ1n) is 6.24. The maximum absolute atomic E-state index is 11.4. The average Bonchev–Trinajstić information content (AvgIpc) is 2.79. The molecule has 8 heteroatoms. The Hall–Kier alpha value is -2.31. The standard InChI is InChI=1S/C14H9Cl2N3O3/c1-6(20)17-13-9(16)5-11(19(21)22)14-12(13)8-4-7(15)2-3-10(8)18-14/h2-5,18H,1H3,(H,17,20). The van der Waals surface area contributed by atoms with Crippen LogP contribution in [0.2, 0.25) is 10.0 Å². The molecule has 112 valence electrons. The molecule has 1 heterocycles.